The topological polar surface area (TPSA) is 40.5 Å². The fraction of sp³-hybridized carbons (Fsp3) is 0.357. The van der Waals surface area contributed by atoms with Crippen molar-refractivity contribution in [2.75, 3.05) is 0 Å². The molecule has 2 heteroatoms. The van der Waals surface area contributed by atoms with Gasteiger partial charge in [0.1, 0.15) is 0 Å². The SMILES string of the molecule is OC(Cc1ccccc1)c1cccc(-c2ccc(C(O)CC3CCCCC3)cc2)c1. The molecule has 1 aliphatic carbocycles. The van der Waals surface area contributed by atoms with Crippen LogP contribution in [0.15, 0.2) is 78.9 Å². The first-order valence-corrected chi connectivity index (χ1v) is 11.3. The van der Waals surface area contributed by atoms with Crippen molar-refractivity contribution in [1.29, 1.82) is 0 Å². The molecule has 4 rings (SSSR count). The molecule has 0 aliphatic heterocycles. The van der Waals surface area contributed by atoms with E-state index in [0.717, 1.165) is 34.2 Å². The number of benzene rings is 3. The van der Waals surface area contributed by atoms with Gasteiger partial charge in [0, 0.05) is 6.42 Å². The summed E-state index contributed by atoms with van der Waals surface area (Å²) in [7, 11) is 0. The highest BCUT2D eigenvalue weighted by Gasteiger charge is 2.18. The third-order valence-electron chi connectivity index (χ3n) is 6.45. The summed E-state index contributed by atoms with van der Waals surface area (Å²) in [5.41, 5.74) is 5.26. The molecule has 0 saturated heterocycles. The van der Waals surface area contributed by atoms with E-state index in [1.54, 1.807) is 0 Å². The predicted molar refractivity (Wildman–Crippen MR) is 123 cm³/mol. The maximum absolute atomic E-state index is 10.7. The smallest absolute Gasteiger partial charge is 0.0830 e. The minimum atomic E-state index is -0.524. The zero-order valence-electron chi connectivity index (χ0n) is 17.6. The highest BCUT2D eigenvalue weighted by molar-refractivity contribution is 5.64. The van der Waals surface area contributed by atoms with Gasteiger partial charge < -0.3 is 10.2 Å². The van der Waals surface area contributed by atoms with E-state index in [1.165, 1.54) is 32.1 Å². The van der Waals surface area contributed by atoms with Crippen LogP contribution in [0.25, 0.3) is 11.1 Å². The standard InChI is InChI=1S/C28H32O2/c29-27(18-21-8-3-1-4-9-21)24-16-14-23(15-17-24)25-12-7-13-26(20-25)28(30)19-22-10-5-2-6-11-22/h2,5-7,10-17,20-21,27-30H,1,3-4,8-9,18-19H2. The zero-order chi connectivity index (χ0) is 20.8. The summed E-state index contributed by atoms with van der Waals surface area (Å²) in [5, 5.41) is 21.3. The Kier molecular flexibility index (Phi) is 6.99. The fourth-order valence-corrected chi connectivity index (χ4v) is 4.65. The molecule has 0 spiro atoms. The van der Waals surface area contributed by atoms with Gasteiger partial charge in [-0.05, 0) is 46.2 Å². The lowest BCUT2D eigenvalue weighted by molar-refractivity contribution is 0.131. The average molecular weight is 401 g/mol. The van der Waals surface area contributed by atoms with E-state index in [4.69, 9.17) is 0 Å². The van der Waals surface area contributed by atoms with Crippen molar-refractivity contribution in [2.24, 2.45) is 5.92 Å². The van der Waals surface area contributed by atoms with E-state index in [2.05, 4.69) is 36.4 Å². The Balaban J connectivity index is 1.43. The molecule has 2 atom stereocenters. The normalized spacial score (nSPS) is 16.9. The molecule has 0 amide bonds. The predicted octanol–water partition coefficient (Wildman–Crippen LogP) is 6.63. The van der Waals surface area contributed by atoms with Gasteiger partial charge >= 0.3 is 0 Å². The Morgan fingerprint density at radius 1 is 0.667 bits per heavy atom. The molecule has 0 bridgehead atoms. The van der Waals surface area contributed by atoms with E-state index in [0.29, 0.717) is 12.3 Å². The van der Waals surface area contributed by atoms with E-state index in [1.807, 2.05) is 42.5 Å². The van der Waals surface area contributed by atoms with E-state index in [9.17, 15) is 10.2 Å². The largest absolute Gasteiger partial charge is 0.388 e. The van der Waals surface area contributed by atoms with Gasteiger partial charge in [0.25, 0.3) is 0 Å². The maximum Gasteiger partial charge on any atom is 0.0830 e. The van der Waals surface area contributed by atoms with Crippen molar-refractivity contribution in [1.82, 2.24) is 0 Å². The van der Waals surface area contributed by atoms with Crippen molar-refractivity contribution in [3.8, 4) is 11.1 Å². The summed E-state index contributed by atoms with van der Waals surface area (Å²) < 4.78 is 0. The van der Waals surface area contributed by atoms with Crippen LogP contribution in [0.1, 0.15) is 67.4 Å². The Bertz CT molecular complexity index is 911. The van der Waals surface area contributed by atoms with Gasteiger partial charge in [-0.25, -0.2) is 0 Å². The minimum absolute atomic E-state index is 0.374. The molecule has 1 fully saturated rings. The third kappa shape index (κ3) is 5.38. The molecule has 0 heterocycles. The Hall–Kier alpha value is -2.42. The van der Waals surface area contributed by atoms with Gasteiger partial charge in [0.15, 0.2) is 0 Å². The summed E-state index contributed by atoms with van der Waals surface area (Å²) in [5.74, 6) is 0.663. The Morgan fingerprint density at radius 3 is 2.13 bits per heavy atom. The number of hydrogen-bond donors (Lipinski definition) is 2. The molecule has 2 N–H and O–H groups in total. The van der Waals surface area contributed by atoms with Crippen molar-refractivity contribution in [3.63, 3.8) is 0 Å². The van der Waals surface area contributed by atoms with Gasteiger partial charge in [-0.1, -0.05) is 105 Å². The van der Waals surface area contributed by atoms with Crippen LogP contribution in [-0.2, 0) is 6.42 Å². The van der Waals surface area contributed by atoms with Crippen LogP contribution < -0.4 is 0 Å². The van der Waals surface area contributed by atoms with Crippen molar-refractivity contribution >= 4 is 0 Å². The fourth-order valence-electron chi connectivity index (χ4n) is 4.65. The van der Waals surface area contributed by atoms with Gasteiger partial charge in [-0.2, -0.15) is 0 Å². The summed E-state index contributed by atoms with van der Waals surface area (Å²) in [6, 6.07) is 26.5. The molecular formula is C28H32O2. The molecule has 156 valence electrons. The maximum atomic E-state index is 10.7. The van der Waals surface area contributed by atoms with Crippen LogP contribution in [0.4, 0.5) is 0 Å². The number of rotatable bonds is 7. The zero-order valence-corrected chi connectivity index (χ0v) is 17.6. The molecule has 0 radical (unpaired) electrons. The molecule has 1 aliphatic rings. The van der Waals surface area contributed by atoms with E-state index in [-0.39, 0.29) is 6.10 Å². The molecule has 2 unspecified atom stereocenters. The monoisotopic (exact) mass is 400 g/mol. The van der Waals surface area contributed by atoms with Crippen LogP contribution in [0.5, 0.6) is 0 Å². The van der Waals surface area contributed by atoms with Crippen LogP contribution >= 0.6 is 0 Å². The first kappa shape index (κ1) is 20.8. The second-order valence-corrected chi connectivity index (χ2v) is 8.71. The lowest BCUT2D eigenvalue weighted by Gasteiger charge is -2.24. The van der Waals surface area contributed by atoms with Crippen LogP contribution in [0.2, 0.25) is 0 Å². The van der Waals surface area contributed by atoms with Crippen LogP contribution in [0.3, 0.4) is 0 Å². The second kappa shape index (κ2) is 10.1. The quantitative estimate of drug-likeness (QED) is 0.467. The summed E-state index contributed by atoms with van der Waals surface area (Å²) >= 11 is 0. The second-order valence-electron chi connectivity index (χ2n) is 8.71. The molecular weight excluding hydrogens is 368 g/mol. The van der Waals surface area contributed by atoms with Gasteiger partial charge in [0.05, 0.1) is 12.2 Å². The Morgan fingerprint density at radius 2 is 1.40 bits per heavy atom. The average Bonchev–Trinajstić information content (AvgIpc) is 2.80. The van der Waals surface area contributed by atoms with Gasteiger partial charge in [-0.15, -0.1) is 0 Å². The number of aliphatic hydroxyl groups is 2. The molecule has 2 nitrogen and oxygen atoms in total. The molecule has 1 saturated carbocycles. The van der Waals surface area contributed by atoms with E-state index < -0.39 is 6.10 Å². The van der Waals surface area contributed by atoms with Gasteiger partial charge in [-0.3, -0.25) is 0 Å². The van der Waals surface area contributed by atoms with Crippen molar-refractivity contribution in [2.45, 2.75) is 57.2 Å². The molecule has 0 aromatic heterocycles. The summed E-state index contributed by atoms with van der Waals surface area (Å²) in [4.78, 5) is 0. The Labute approximate surface area is 180 Å². The number of hydrogen-bond acceptors (Lipinski definition) is 2. The summed E-state index contributed by atoms with van der Waals surface area (Å²) in [6.07, 6.45) is 7.06. The van der Waals surface area contributed by atoms with E-state index >= 15 is 0 Å². The molecule has 3 aromatic carbocycles. The minimum Gasteiger partial charge on any atom is -0.388 e. The first-order valence-electron chi connectivity index (χ1n) is 11.3. The highest BCUT2D eigenvalue weighted by Crippen LogP contribution is 2.33. The molecule has 30 heavy (non-hydrogen) atoms. The lowest BCUT2D eigenvalue weighted by Crippen LogP contribution is -2.11. The van der Waals surface area contributed by atoms with Gasteiger partial charge in [0.2, 0.25) is 0 Å². The first-order chi connectivity index (χ1) is 14.7. The van der Waals surface area contributed by atoms with Crippen LogP contribution in [-0.4, -0.2) is 10.2 Å². The van der Waals surface area contributed by atoms with Crippen molar-refractivity contribution < 1.29 is 10.2 Å². The number of aliphatic hydroxyl groups excluding tert-OH is 2. The van der Waals surface area contributed by atoms with Crippen molar-refractivity contribution in [3.05, 3.63) is 95.6 Å². The van der Waals surface area contributed by atoms with Crippen LogP contribution in [0, 0.1) is 5.92 Å². The highest BCUT2D eigenvalue weighted by atomic mass is 16.3. The summed E-state index contributed by atoms with van der Waals surface area (Å²) in [6.45, 7) is 0. The lowest BCUT2D eigenvalue weighted by atomic mass is 9.84. The molecule has 3 aromatic rings. The third-order valence-corrected chi connectivity index (χ3v) is 6.45.